The van der Waals surface area contributed by atoms with E-state index in [0.717, 1.165) is 64.6 Å². The van der Waals surface area contributed by atoms with E-state index >= 15 is 0 Å². The highest BCUT2D eigenvalue weighted by Crippen LogP contribution is 2.67. The minimum absolute atomic E-state index is 0.0486. The summed E-state index contributed by atoms with van der Waals surface area (Å²) in [5.41, 5.74) is 1.02. The molecule has 1 amide bonds. The summed E-state index contributed by atoms with van der Waals surface area (Å²) in [4.78, 5) is 40.8. The molecule has 4 rings (SSSR count). The van der Waals surface area contributed by atoms with Crippen molar-refractivity contribution in [1.29, 1.82) is 0 Å². The van der Waals surface area contributed by atoms with Crippen LogP contribution in [-0.2, 0) is 14.3 Å². The molecule has 3 saturated carbocycles. The lowest BCUT2D eigenvalue weighted by atomic mass is 9.46. The number of amides is 1. The Morgan fingerprint density at radius 3 is 2.38 bits per heavy atom. The first-order valence-corrected chi connectivity index (χ1v) is 16.0. The van der Waals surface area contributed by atoms with Crippen molar-refractivity contribution in [2.75, 3.05) is 26.2 Å². The van der Waals surface area contributed by atoms with Crippen LogP contribution in [0.1, 0.15) is 112 Å². The van der Waals surface area contributed by atoms with Gasteiger partial charge in [0.15, 0.2) is 5.78 Å². The van der Waals surface area contributed by atoms with Crippen molar-refractivity contribution >= 4 is 17.7 Å². The molecule has 220 valence electrons. The van der Waals surface area contributed by atoms with Crippen LogP contribution in [0.5, 0.6) is 0 Å². The molecule has 0 bridgehead atoms. The molecule has 0 heterocycles. The first-order chi connectivity index (χ1) is 18.6. The van der Waals surface area contributed by atoms with E-state index in [-0.39, 0.29) is 46.4 Å². The predicted molar refractivity (Wildman–Crippen MR) is 155 cm³/mol. The van der Waals surface area contributed by atoms with E-state index in [2.05, 4.69) is 37.9 Å². The Bertz CT molecular complexity index is 923. The van der Waals surface area contributed by atoms with Gasteiger partial charge in [0.2, 0.25) is 0 Å². The summed E-state index contributed by atoms with van der Waals surface area (Å²) >= 11 is 0. The SMILES string of the molecule is CCCCN(CCCC)CCCNC(=O)OC1C[C@@]2(C)C(CC[C@@H]2C(C)=O)C2CCC3=CC(=O)CC[C@]3(C)C12. The first kappa shape index (κ1) is 30.3. The second-order valence-electron chi connectivity index (χ2n) is 13.6. The number of fused-ring (bicyclic) bond motifs is 5. The Hall–Kier alpha value is -1.69. The zero-order valence-corrected chi connectivity index (χ0v) is 25.4. The molecule has 0 aliphatic heterocycles. The topological polar surface area (TPSA) is 75.7 Å². The second kappa shape index (κ2) is 12.9. The predicted octanol–water partition coefficient (Wildman–Crippen LogP) is 6.72. The molecule has 4 aliphatic rings. The molecule has 6 nitrogen and oxygen atoms in total. The van der Waals surface area contributed by atoms with Crippen LogP contribution in [-0.4, -0.2) is 54.8 Å². The van der Waals surface area contributed by atoms with Crippen molar-refractivity contribution in [3.8, 4) is 0 Å². The summed E-state index contributed by atoms with van der Waals surface area (Å²) in [6.45, 7) is 14.7. The second-order valence-corrected chi connectivity index (χ2v) is 13.6. The number of alkyl carbamates (subject to hydrolysis) is 1. The number of carbonyl (C=O) groups is 3. The number of ketones is 2. The molecule has 6 heteroatoms. The van der Waals surface area contributed by atoms with Gasteiger partial charge in [-0.1, -0.05) is 46.1 Å². The van der Waals surface area contributed by atoms with Crippen molar-refractivity contribution in [2.45, 2.75) is 118 Å². The van der Waals surface area contributed by atoms with Crippen molar-refractivity contribution in [1.82, 2.24) is 10.2 Å². The van der Waals surface area contributed by atoms with E-state index in [1.807, 2.05) is 6.08 Å². The summed E-state index contributed by atoms with van der Waals surface area (Å²) in [5.74, 6) is 1.68. The quantitative estimate of drug-likeness (QED) is 0.277. The molecule has 3 fully saturated rings. The van der Waals surface area contributed by atoms with Gasteiger partial charge in [0.1, 0.15) is 11.9 Å². The van der Waals surface area contributed by atoms with Gasteiger partial charge in [0, 0.05) is 24.8 Å². The maximum Gasteiger partial charge on any atom is 0.407 e. The van der Waals surface area contributed by atoms with E-state index < -0.39 is 0 Å². The minimum atomic E-state index is -0.321. The monoisotopic (exact) mass is 542 g/mol. The van der Waals surface area contributed by atoms with E-state index in [1.54, 1.807) is 6.92 Å². The van der Waals surface area contributed by atoms with Crippen LogP contribution in [0.2, 0.25) is 0 Å². The normalized spacial score (nSPS) is 35.6. The van der Waals surface area contributed by atoms with Crippen LogP contribution in [0.4, 0.5) is 4.79 Å². The summed E-state index contributed by atoms with van der Waals surface area (Å²) in [5, 5.41) is 3.07. The van der Waals surface area contributed by atoms with Crippen molar-refractivity contribution in [3.05, 3.63) is 11.6 Å². The third-order valence-electron chi connectivity index (χ3n) is 11.2. The van der Waals surface area contributed by atoms with Crippen LogP contribution < -0.4 is 5.32 Å². The molecule has 0 aromatic heterocycles. The van der Waals surface area contributed by atoms with Gasteiger partial charge in [-0.25, -0.2) is 4.79 Å². The third kappa shape index (κ3) is 6.31. The van der Waals surface area contributed by atoms with Crippen molar-refractivity contribution < 1.29 is 19.1 Å². The maximum absolute atomic E-state index is 13.2. The van der Waals surface area contributed by atoms with Crippen LogP contribution in [0.15, 0.2) is 11.6 Å². The highest BCUT2D eigenvalue weighted by Gasteiger charge is 2.63. The van der Waals surface area contributed by atoms with Crippen LogP contribution in [0.25, 0.3) is 0 Å². The molecule has 1 N–H and O–H groups in total. The molecule has 4 unspecified atom stereocenters. The summed E-state index contributed by atoms with van der Waals surface area (Å²) < 4.78 is 6.35. The van der Waals surface area contributed by atoms with Gasteiger partial charge in [0.25, 0.3) is 0 Å². The molecule has 0 spiro atoms. The highest BCUT2D eigenvalue weighted by atomic mass is 16.6. The van der Waals surface area contributed by atoms with E-state index in [1.165, 1.54) is 31.3 Å². The molecular weight excluding hydrogens is 488 g/mol. The Labute approximate surface area is 237 Å². The van der Waals surface area contributed by atoms with Crippen LogP contribution in [0.3, 0.4) is 0 Å². The number of carbonyl (C=O) groups excluding carboxylic acids is 3. The number of hydrogen-bond acceptors (Lipinski definition) is 5. The van der Waals surface area contributed by atoms with Crippen LogP contribution >= 0.6 is 0 Å². The Morgan fingerprint density at radius 1 is 1.03 bits per heavy atom. The van der Waals surface area contributed by atoms with Gasteiger partial charge in [-0.15, -0.1) is 0 Å². The third-order valence-corrected chi connectivity index (χ3v) is 11.2. The van der Waals surface area contributed by atoms with Crippen molar-refractivity contribution in [3.63, 3.8) is 0 Å². The van der Waals surface area contributed by atoms with Crippen LogP contribution in [0, 0.1) is 34.5 Å². The van der Waals surface area contributed by atoms with Gasteiger partial charge in [-0.3, -0.25) is 9.59 Å². The smallest absolute Gasteiger partial charge is 0.407 e. The first-order valence-electron chi connectivity index (χ1n) is 16.0. The lowest BCUT2D eigenvalue weighted by Crippen LogP contribution is -2.58. The fourth-order valence-electron chi connectivity index (χ4n) is 9.20. The number of Topliss-reactive ketones (excluding diaryl/α,β-unsaturated/α-hetero) is 1. The number of rotatable bonds is 12. The van der Waals surface area contributed by atoms with E-state index in [0.29, 0.717) is 24.8 Å². The maximum atomic E-state index is 13.2. The number of allylic oxidation sites excluding steroid dienone is 1. The fraction of sp³-hybridized carbons (Fsp3) is 0.848. The Balaban J connectivity index is 1.45. The van der Waals surface area contributed by atoms with Gasteiger partial charge < -0.3 is 15.0 Å². The average Bonchev–Trinajstić information content (AvgIpc) is 3.24. The molecule has 0 aromatic rings. The van der Waals surface area contributed by atoms with E-state index in [9.17, 15) is 14.4 Å². The fourth-order valence-corrected chi connectivity index (χ4v) is 9.20. The summed E-state index contributed by atoms with van der Waals surface area (Å²) in [7, 11) is 0. The van der Waals surface area contributed by atoms with Gasteiger partial charge >= 0.3 is 6.09 Å². The highest BCUT2D eigenvalue weighted by molar-refractivity contribution is 5.91. The Morgan fingerprint density at radius 2 is 1.72 bits per heavy atom. The lowest BCUT2D eigenvalue weighted by Gasteiger charge is -2.60. The van der Waals surface area contributed by atoms with Gasteiger partial charge in [-0.05, 0) is 113 Å². The molecule has 7 atom stereocenters. The largest absolute Gasteiger partial charge is 0.446 e. The van der Waals surface area contributed by atoms with E-state index in [4.69, 9.17) is 4.74 Å². The summed E-state index contributed by atoms with van der Waals surface area (Å²) in [6.07, 6.45) is 13.3. The standard InChI is InChI=1S/C33H54N2O4/c1-6-8-18-35(19-9-7-2)20-10-17-34-31(38)39-29-22-33(5)27(23(3)36)13-14-28(33)26-12-11-24-21-25(37)15-16-32(24,4)30(26)29/h21,26-30H,6-20,22H2,1-5H3,(H,34,38)/t26?,27-,28?,29?,30?,32+,33-/m1/s1. The van der Waals surface area contributed by atoms with Gasteiger partial charge in [0.05, 0.1) is 0 Å². The zero-order valence-electron chi connectivity index (χ0n) is 25.4. The zero-order chi connectivity index (χ0) is 28.2. The number of nitrogens with zero attached hydrogens (tertiary/aromatic N) is 1. The Kier molecular flexibility index (Phi) is 9.99. The molecule has 4 aliphatic carbocycles. The molecule has 39 heavy (non-hydrogen) atoms. The molecule has 0 aromatic carbocycles. The number of ether oxygens (including phenoxy) is 1. The lowest BCUT2D eigenvalue weighted by molar-refractivity contribution is -0.144. The minimum Gasteiger partial charge on any atom is -0.446 e. The number of hydrogen-bond donors (Lipinski definition) is 1. The van der Waals surface area contributed by atoms with Gasteiger partial charge in [-0.2, -0.15) is 0 Å². The molecular formula is C33H54N2O4. The number of nitrogens with one attached hydrogen (secondary N) is 1. The van der Waals surface area contributed by atoms with Crippen molar-refractivity contribution in [2.24, 2.45) is 34.5 Å². The average molecular weight is 543 g/mol. The summed E-state index contributed by atoms with van der Waals surface area (Å²) in [6, 6.07) is 0. The molecule has 0 radical (unpaired) electrons. The molecule has 0 saturated heterocycles. The number of unbranched alkanes of at least 4 members (excludes halogenated alkanes) is 2.